The summed E-state index contributed by atoms with van der Waals surface area (Å²) in [4.78, 5) is 24.2. The van der Waals surface area contributed by atoms with Crippen molar-refractivity contribution in [1.29, 1.82) is 5.26 Å². The van der Waals surface area contributed by atoms with Crippen LogP contribution in [0.25, 0.3) is 11.3 Å². The molecule has 3 rings (SSSR count). The maximum Gasteiger partial charge on any atom is 0.322 e. The quantitative estimate of drug-likeness (QED) is 0.601. The fourth-order valence-corrected chi connectivity index (χ4v) is 3.03. The van der Waals surface area contributed by atoms with Crippen LogP contribution in [0.3, 0.4) is 0 Å². The molecule has 3 amide bonds. The summed E-state index contributed by atoms with van der Waals surface area (Å²) >= 11 is 6.08. The number of hydrogen-bond acceptors (Lipinski definition) is 6. The summed E-state index contributed by atoms with van der Waals surface area (Å²) in [5.41, 5.74) is 1.91. The monoisotopic (exact) mass is 440 g/mol. The summed E-state index contributed by atoms with van der Waals surface area (Å²) in [6.45, 7) is 5.99. The highest BCUT2D eigenvalue weighted by Gasteiger charge is 2.18. The smallest absolute Gasteiger partial charge is 0.322 e. The van der Waals surface area contributed by atoms with Crippen molar-refractivity contribution in [2.45, 2.75) is 39.3 Å². The van der Waals surface area contributed by atoms with Gasteiger partial charge in [-0.05, 0) is 25.1 Å². The Morgan fingerprint density at radius 2 is 2.03 bits per heavy atom. The van der Waals surface area contributed by atoms with E-state index >= 15 is 0 Å². The standard InChI is InChI=1S/C21H21ClN6O3/c1-12(2)19-9-18(27-31-19)20(29)25-21(30)24-13(3)11-28-7-6-17(26-28)14-4-5-15(10-23)16(22)8-14/h4-9,12-13H,11H2,1-3H3,(H2,24,25,29,30)/t13-/m0/s1. The SMILES string of the molecule is CC(C)c1cc(C(=O)NC(=O)N[C@@H](C)Cn2ccc(-c3ccc(C#N)c(Cl)c3)n2)no1. The van der Waals surface area contributed by atoms with Crippen molar-refractivity contribution >= 4 is 23.5 Å². The van der Waals surface area contributed by atoms with E-state index in [0.29, 0.717) is 28.6 Å². The molecule has 2 aromatic heterocycles. The van der Waals surface area contributed by atoms with E-state index in [9.17, 15) is 9.59 Å². The van der Waals surface area contributed by atoms with Crippen molar-refractivity contribution in [2.75, 3.05) is 0 Å². The van der Waals surface area contributed by atoms with E-state index in [1.54, 1.807) is 36.0 Å². The Labute approximate surface area is 184 Å². The van der Waals surface area contributed by atoms with Crippen LogP contribution in [-0.4, -0.2) is 32.9 Å². The van der Waals surface area contributed by atoms with Crippen LogP contribution < -0.4 is 10.6 Å². The molecule has 2 N–H and O–H groups in total. The minimum absolute atomic E-state index is 0.0456. The molecule has 0 saturated heterocycles. The highest BCUT2D eigenvalue weighted by Crippen LogP contribution is 2.24. The molecule has 0 fully saturated rings. The highest BCUT2D eigenvalue weighted by atomic mass is 35.5. The lowest BCUT2D eigenvalue weighted by atomic mass is 10.1. The third-order valence-corrected chi connectivity index (χ3v) is 4.73. The fraction of sp³-hybridized carbons (Fsp3) is 0.286. The van der Waals surface area contributed by atoms with Crippen molar-refractivity contribution in [2.24, 2.45) is 0 Å². The largest absolute Gasteiger partial charge is 0.360 e. The van der Waals surface area contributed by atoms with Gasteiger partial charge in [0, 0.05) is 29.8 Å². The van der Waals surface area contributed by atoms with E-state index < -0.39 is 11.9 Å². The van der Waals surface area contributed by atoms with Gasteiger partial charge in [-0.15, -0.1) is 0 Å². The second kappa shape index (κ2) is 9.45. The fourth-order valence-electron chi connectivity index (χ4n) is 2.80. The number of amides is 3. The van der Waals surface area contributed by atoms with Crippen LogP contribution >= 0.6 is 11.6 Å². The average molecular weight is 441 g/mol. The topological polar surface area (TPSA) is 126 Å². The molecule has 160 valence electrons. The number of nitrogens with one attached hydrogen (secondary N) is 2. The lowest BCUT2D eigenvalue weighted by Crippen LogP contribution is -2.45. The Morgan fingerprint density at radius 1 is 1.26 bits per heavy atom. The van der Waals surface area contributed by atoms with Gasteiger partial charge in [0.15, 0.2) is 5.69 Å². The molecule has 0 aliphatic carbocycles. The zero-order valence-electron chi connectivity index (χ0n) is 17.2. The molecule has 0 aliphatic heterocycles. The number of aromatic nitrogens is 3. The van der Waals surface area contributed by atoms with Crippen molar-refractivity contribution in [3.63, 3.8) is 0 Å². The summed E-state index contributed by atoms with van der Waals surface area (Å²) in [7, 11) is 0. The van der Waals surface area contributed by atoms with E-state index in [0.717, 1.165) is 5.56 Å². The normalized spacial score (nSPS) is 11.7. The zero-order chi connectivity index (χ0) is 22.5. The van der Waals surface area contributed by atoms with Crippen LogP contribution in [0.4, 0.5) is 4.79 Å². The van der Waals surface area contributed by atoms with Crippen molar-refractivity contribution in [1.82, 2.24) is 25.6 Å². The number of carbonyl (C=O) groups excluding carboxylic acids is 2. The van der Waals surface area contributed by atoms with Gasteiger partial charge in [0.2, 0.25) is 0 Å². The summed E-state index contributed by atoms with van der Waals surface area (Å²) in [5, 5.41) is 22.4. The highest BCUT2D eigenvalue weighted by molar-refractivity contribution is 6.32. The van der Waals surface area contributed by atoms with Crippen LogP contribution in [-0.2, 0) is 6.54 Å². The first-order valence-corrected chi connectivity index (χ1v) is 9.96. The first-order chi connectivity index (χ1) is 14.8. The molecule has 2 heterocycles. The minimum atomic E-state index is -0.641. The third-order valence-electron chi connectivity index (χ3n) is 4.42. The second-order valence-electron chi connectivity index (χ2n) is 7.33. The Balaban J connectivity index is 1.55. The third kappa shape index (κ3) is 5.49. The molecular weight excluding hydrogens is 420 g/mol. The number of carbonyl (C=O) groups is 2. The lowest BCUT2D eigenvalue weighted by molar-refractivity contribution is 0.0954. The summed E-state index contributed by atoms with van der Waals surface area (Å²) < 4.78 is 6.74. The van der Waals surface area contributed by atoms with Gasteiger partial charge in [-0.3, -0.25) is 14.8 Å². The average Bonchev–Trinajstić information content (AvgIpc) is 3.37. The first-order valence-electron chi connectivity index (χ1n) is 9.58. The molecule has 0 bridgehead atoms. The van der Waals surface area contributed by atoms with E-state index in [2.05, 4.69) is 20.9 Å². The molecule has 1 atom stereocenters. The number of rotatable bonds is 6. The molecule has 0 radical (unpaired) electrons. The van der Waals surface area contributed by atoms with E-state index in [1.165, 1.54) is 6.07 Å². The minimum Gasteiger partial charge on any atom is -0.360 e. The summed E-state index contributed by atoms with van der Waals surface area (Å²) in [6, 6.07) is 9.48. The van der Waals surface area contributed by atoms with Crippen LogP contribution in [0.1, 0.15) is 48.5 Å². The molecule has 1 aromatic carbocycles. The van der Waals surface area contributed by atoms with E-state index in [-0.39, 0.29) is 17.7 Å². The van der Waals surface area contributed by atoms with Crippen molar-refractivity contribution in [3.8, 4) is 17.3 Å². The number of nitriles is 1. The Kier molecular flexibility index (Phi) is 6.72. The number of benzene rings is 1. The van der Waals surface area contributed by atoms with Crippen LogP contribution in [0.5, 0.6) is 0 Å². The lowest BCUT2D eigenvalue weighted by Gasteiger charge is -2.14. The molecule has 3 aromatic rings. The van der Waals surface area contributed by atoms with Gasteiger partial charge in [0.1, 0.15) is 11.8 Å². The summed E-state index contributed by atoms with van der Waals surface area (Å²) in [6.07, 6.45) is 1.77. The molecular formula is C21H21ClN6O3. The number of nitrogens with zero attached hydrogens (tertiary/aromatic N) is 4. The Bertz CT molecular complexity index is 1140. The van der Waals surface area contributed by atoms with Gasteiger partial charge >= 0.3 is 6.03 Å². The first kappa shape index (κ1) is 22.1. The molecule has 0 unspecified atom stereocenters. The maximum atomic E-state index is 12.1. The second-order valence-corrected chi connectivity index (χ2v) is 7.73. The van der Waals surface area contributed by atoms with Gasteiger partial charge in [-0.1, -0.05) is 36.7 Å². The molecule has 10 heteroatoms. The Morgan fingerprint density at radius 3 is 2.68 bits per heavy atom. The van der Waals surface area contributed by atoms with Crippen molar-refractivity contribution in [3.05, 3.63) is 58.6 Å². The summed E-state index contributed by atoms with van der Waals surface area (Å²) in [5.74, 6) is 0.0125. The predicted molar refractivity (Wildman–Crippen MR) is 113 cm³/mol. The number of hydrogen-bond donors (Lipinski definition) is 2. The zero-order valence-corrected chi connectivity index (χ0v) is 18.0. The molecule has 0 spiro atoms. The van der Waals surface area contributed by atoms with Gasteiger partial charge in [-0.25, -0.2) is 4.79 Å². The van der Waals surface area contributed by atoms with E-state index in [4.69, 9.17) is 21.4 Å². The predicted octanol–water partition coefficient (Wildman–Crippen LogP) is 3.71. The molecule has 31 heavy (non-hydrogen) atoms. The van der Waals surface area contributed by atoms with Gasteiger partial charge in [-0.2, -0.15) is 10.4 Å². The number of halogens is 1. The molecule has 9 nitrogen and oxygen atoms in total. The van der Waals surface area contributed by atoms with E-state index in [1.807, 2.05) is 26.0 Å². The van der Waals surface area contributed by atoms with Gasteiger partial charge in [0.05, 0.1) is 22.8 Å². The van der Waals surface area contributed by atoms with Crippen LogP contribution in [0, 0.1) is 11.3 Å². The van der Waals surface area contributed by atoms with Crippen LogP contribution in [0.2, 0.25) is 5.02 Å². The van der Waals surface area contributed by atoms with Crippen LogP contribution in [0.15, 0.2) is 41.1 Å². The van der Waals surface area contributed by atoms with Gasteiger partial charge in [0.25, 0.3) is 5.91 Å². The maximum absolute atomic E-state index is 12.1. The van der Waals surface area contributed by atoms with Crippen molar-refractivity contribution < 1.29 is 14.1 Å². The molecule has 0 aliphatic rings. The number of urea groups is 1. The number of imide groups is 1. The molecule has 0 saturated carbocycles. The Hall–Kier alpha value is -3.64. The van der Waals surface area contributed by atoms with Gasteiger partial charge < -0.3 is 9.84 Å².